The largest absolute Gasteiger partial charge is 0.452 e. The first-order valence-electron chi connectivity index (χ1n) is 9.91. The molecule has 4 nitrogen and oxygen atoms in total. The van der Waals surface area contributed by atoms with Crippen LogP contribution in [0.5, 0.6) is 0 Å². The van der Waals surface area contributed by atoms with Crippen molar-refractivity contribution < 1.29 is 14.3 Å². The van der Waals surface area contributed by atoms with Gasteiger partial charge in [0.25, 0.3) is 5.91 Å². The van der Waals surface area contributed by atoms with Crippen molar-refractivity contribution in [2.75, 3.05) is 18.1 Å². The first-order valence-corrected chi connectivity index (χ1v) is 11.7. The van der Waals surface area contributed by atoms with Crippen LogP contribution < -0.4 is 4.90 Å². The molecule has 0 bridgehead atoms. The van der Waals surface area contributed by atoms with E-state index < -0.39 is 5.97 Å². The summed E-state index contributed by atoms with van der Waals surface area (Å²) in [6, 6.07) is 21.4. The van der Waals surface area contributed by atoms with E-state index in [2.05, 4.69) is 0 Å². The Balaban J connectivity index is 1.53. The topological polar surface area (TPSA) is 46.6 Å². The van der Waals surface area contributed by atoms with Crippen LogP contribution >= 0.6 is 22.7 Å². The van der Waals surface area contributed by atoms with E-state index in [9.17, 15) is 9.59 Å². The fourth-order valence-electron chi connectivity index (χ4n) is 3.39. The molecule has 0 spiro atoms. The number of benzene rings is 2. The maximum atomic E-state index is 13.0. The maximum Gasteiger partial charge on any atom is 0.340 e. The van der Waals surface area contributed by atoms with Crippen LogP contribution in [0.2, 0.25) is 0 Å². The Hall–Kier alpha value is -3.22. The third-order valence-corrected chi connectivity index (χ3v) is 6.56. The molecule has 2 aromatic heterocycles. The maximum absolute atomic E-state index is 13.0. The number of amides is 1. The van der Waals surface area contributed by atoms with Crippen LogP contribution in [0.15, 0.2) is 77.5 Å². The molecule has 1 amide bonds. The molecule has 0 unspecified atom stereocenters. The Morgan fingerprint density at radius 3 is 2.45 bits per heavy atom. The number of carbonyl (C=O) groups is 2. The van der Waals surface area contributed by atoms with Crippen molar-refractivity contribution in [1.29, 1.82) is 0 Å². The van der Waals surface area contributed by atoms with Gasteiger partial charge in [0.1, 0.15) is 0 Å². The zero-order valence-corrected chi connectivity index (χ0v) is 18.6. The number of anilines is 1. The van der Waals surface area contributed by atoms with Crippen LogP contribution in [0.1, 0.15) is 16.7 Å². The van der Waals surface area contributed by atoms with Crippen molar-refractivity contribution >= 4 is 62.7 Å². The van der Waals surface area contributed by atoms with Gasteiger partial charge < -0.3 is 9.64 Å². The second kappa shape index (κ2) is 9.73. The summed E-state index contributed by atoms with van der Waals surface area (Å²) in [5.74, 6) is -0.757. The highest BCUT2D eigenvalue weighted by Crippen LogP contribution is 2.28. The quantitative estimate of drug-likeness (QED) is 0.254. The van der Waals surface area contributed by atoms with Gasteiger partial charge >= 0.3 is 5.97 Å². The number of rotatable bonds is 7. The molecule has 4 rings (SSSR count). The summed E-state index contributed by atoms with van der Waals surface area (Å²) < 4.78 is 5.47. The molecule has 0 N–H and O–H groups in total. The van der Waals surface area contributed by atoms with Gasteiger partial charge in [-0.15, -0.1) is 22.7 Å². The fourth-order valence-corrected chi connectivity index (χ4v) is 4.77. The number of fused-ring (bicyclic) bond motifs is 1. The van der Waals surface area contributed by atoms with E-state index in [0.29, 0.717) is 12.1 Å². The second-order valence-electron chi connectivity index (χ2n) is 6.76. The molecular weight excluding hydrogens is 426 g/mol. The Kier molecular flexibility index (Phi) is 6.60. The van der Waals surface area contributed by atoms with E-state index >= 15 is 0 Å². The van der Waals surface area contributed by atoms with Crippen LogP contribution in [0, 0.1) is 0 Å². The number of likely N-dealkylation sites (N-methyl/N-ethyl adjacent to an activating group) is 1. The molecule has 0 radical (unpaired) electrons. The monoisotopic (exact) mass is 447 g/mol. The molecule has 2 heterocycles. The molecule has 0 fully saturated rings. The summed E-state index contributed by atoms with van der Waals surface area (Å²) in [7, 11) is 0. The standard InChI is InChI=1S/C25H21NO3S2/c1-2-26(22-12-5-9-18-8-3-4-11-20(18)22)24(27)17-29-25(28)21(23-13-7-15-31-23)16-19-10-6-14-30-19/h3-16H,2,17H2,1H3. The highest BCUT2D eigenvalue weighted by molar-refractivity contribution is 7.12. The lowest BCUT2D eigenvalue weighted by Crippen LogP contribution is -2.34. The summed E-state index contributed by atoms with van der Waals surface area (Å²) >= 11 is 3.01. The third kappa shape index (κ3) is 4.76. The molecule has 0 saturated heterocycles. The Labute approximate surface area is 189 Å². The molecular formula is C25H21NO3S2. The molecule has 2 aromatic carbocycles. The van der Waals surface area contributed by atoms with Crippen molar-refractivity contribution in [1.82, 2.24) is 0 Å². The van der Waals surface area contributed by atoms with Gasteiger partial charge in [-0.05, 0) is 47.3 Å². The highest BCUT2D eigenvalue weighted by Gasteiger charge is 2.21. The van der Waals surface area contributed by atoms with Gasteiger partial charge in [0.05, 0.1) is 11.3 Å². The van der Waals surface area contributed by atoms with Crippen molar-refractivity contribution in [3.8, 4) is 0 Å². The van der Waals surface area contributed by atoms with Gasteiger partial charge in [0, 0.05) is 21.7 Å². The summed E-state index contributed by atoms with van der Waals surface area (Å²) in [6.07, 6.45) is 1.81. The first-order chi connectivity index (χ1) is 15.2. The number of esters is 1. The summed E-state index contributed by atoms with van der Waals surface area (Å²) in [4.78, 5) is 29.3. The van der Waals surface area contributed by atoms with Gasteiger partial charge in [0.2, 0.25) is 0 Å². The smallest absolute Gasteiger partial charge is 0.340 e. The average Bonchev–Trinajstić information content (AvgIpc) is 3.51. The van der Waals surface area contributed by atoms with Crippen LogP contribution in [0.25, 0.3) is 22.4 Å². The molecule has 4 aromatic rings. The molecule has 6 heteroatoms. The van der Waals surface area contributed by atoms with Gasteiger partial charge in [-0.3, -0.25) is 4.79 Å². The molecule has 0 aliphatic carbocycles. The lowest BCUT2D eigenvalue weighted by Gasteiger charge is -2.22. The van der Waals surface area contributed by atoms with E-state index in [1.165, 1.54) is 11.3 Å². The lowest BCUT2D eigenvalue weighted by molar-refractivity contribution is -0.141. The zero-order chi connectivity index (χ0) is 21.6. The minimum Gasteiger partial charge on any atom is -0.452 e. The fraction of sp³-hybridized carbons (Fsp3) is 0.120. The Morgan fingerprint density at radius 2 is 1.71 bits per heavy atom. The number of hydrogen-bond acceptors (Lipinski definition) is 5. The molecule has 31 heavy (non-hydrogen) atoms. The van der Waals surface area contributed by atoms with E-state index in [4.69, 9.17) is 4.74 Å². The van der Waals surface area contributed by atoms with Crippen molar-refractivity contribution in [2.24, 2.45) is 0 Å². The van der Waals surface area contributed by atoms with E-state index in [1.807, 2.05) is 90.5 Å². The Bertz CT molecular complexity index is 1210. The van der Waals surface area contributed by atoms with Crippen LogP contribution in [-0.2, 0) is 14.3 Å². The number of ether oxygens (including phenoxy) is 1. The van der Waals surface area contributed by atoms with Crippen LogP contribution in [0.3, 0.4) is 0 Å². The molecule has 0 aliphatic heterocycles. The second-order valence-corrected chi connectivity index (χ2v) is 8.69. The molecule has 0 atom stereocenters. The van der Waals surface area contributed by atoms with Gasteiger partial charge in [-0.1, -0.05) is 48.5 Å². The summed E-state index contributed by atoms with van der Waals surface area (Å²) in [5.41, 5.74) is 1.27. The highest BCUT2D eigenvalue weighted by atomic mass is 32.1. The molecule has 0 aliphatic rings. The predicted molar refractivity (Wildman–Crippen MR) is 129 cm³/mol. The zero-order valence-electron chi connectivity index (χ0n) is 17.0. The van der Waals surface area contributed by atoms with Crippen molar-refractivity contribution in [3.05, 3.63) is 87.2 Å². The average molecular weight is 448 g/mol. The third-order valence-electron chi connectivity index (χ3n) is 4.84. The first kappa shape index (κ1) is 21.0. The number of thiophene rings is 2. The summed E-state index contributed by atoms with van der Waals surface area (Å²) in [5, 5.41) is 5.91. The number of hydrogen-bond donors (Lipinski definition) is 0. The van der Waals surface area contributed by atoms with Gasteiger partial charge in [0.15, 0.2) is 6.61 Å². The predicted octanol–water partition coefficient (Wildman–Crippen LogP) is 6.10. The Morgan fingerprint density at radius 1 is 0.935 bits per heavy atom. The van der Waals surface area contributed by atoms with Gasteiger partial charge in [-0.2, -0.15) is 0 Å². The van der Waals surface area contributed by atoms with Crippen LogP contribution in [0.4, 0.5) is 5.69 Å². The minimum atomic E-state index is -0.502. The van der Waals surface area contributed by atoms with E-state index in [0.717, 1.165) is 26.2 Å². The van der Waals surface area contributed by atoms with E-state index in [-0.39, 0.29) is 12.5 Å². The van der Waals surface area contributed by atoms with E-state index in [1.54, 1.807) is 16.2 Å². The normalized spacial score (nSPS) is 11.5. The van der Waals surface area contributed by atoms with Crippen LogP contribution in [-0.4, -0.2) is 25.0 Å². The molecule has 0 saturated carbocycles. The lowest BCUT2D eigenvalue weighted by atomic mass is 10.1. The van der Waals surface area contributed by atoms with Gasteiger partial charge in [-0.25, -0.2) is 4.79 Å². The number of carbonyl (C=O) groups excluding carboxylic acids is 2. The minimum absolute atomic E-state index is 0.256. The summed E-state index contributed by atoms with van der Waals surface area (Å²) in [6.45, 7) is 2.07. The van der Waals surface area contributed by atoms with Crippen molar-refractivity contribution in [3.63, 3.8) is 0 Å². The SMILES string of the molecule is CCN(C(=O)COC(=O)C(=Cc1cccs1)c1cccs1)c1cccc2ccccc12. The van der Waals surface area contributed by atoms with Crippen molar-refractivity contribution in [2.45, 2.75) is 6.92 Å². The number of nitrogens with zero attached hydrogens (tertiary/aromatic N) is 1. The molecule has 156 valence electrons.